The number of rotatable bonds is 1. The standard InChI is InChI=1S/C10H8NO2/c11-10(13)8-5-6-3-1-2-4-7(6)9(8)12/h2-4,8H,5H2,(H2,11,13). The summed E-state index contributed by atoms with van der Waals surface area (Å²) in [5.41, 5.74) is 6.58. The van der Waals surface area contributed by atoms with Gasteiger partial charge in [-0.1, -0.05) is 18.2 Å². The number of hydrogen-bond acceptors (Lipinski definition) is 2. The molecular formula is C10H8NO2. The fourth-order valence-corrected chi connectivity index (χ4v) is 1.60. The lowest BCUT2D eigenvalue weighted by atomic mass is 10.1. The molecule has 3 nitrogen and oxygen atoms in total. The highest BCUT2D eigenvalue weighted by Gasteiger charge is 2.33. The summed E-state index contributed by atoms with van der Waals surface area (Å²) in [6, 6.07) is 7.95. The Balaban J connectivity index is 2.44. The molecule has 13 heavy (non-hydrogen) atoms. The Morgan fingerprint density at radius 2 is 2.38 bits per heavy atom. The van der Waals surface area contributed by atoms with Gasteiger partial charge in [-0.25, -0.2) is 0 Å². The first-order valence-electron chi connectivity index (χ1n) is 4.02. The minimum atomic E-state index is -0.661. The van der Waals surface area contributed by atoms with Crippen LogP contribution in [0.4, 0.5) is 0 Å². The first-order valence-corrected chi connectivity index (χ1v) is 4.02. The van der Waals surface area contributed by atoms with Gasteiger partial charge in [-0.15, -0.1) is 0 Å². The van der Waals surface area contributed by atoms with Gasteiger partial charge < -0.3 is 5.73 Å². The topological polar surface area (TPSA) is 60.2 Å². The normalized spacial score (nSPS) is 20.0. The molecule has 1 aromatic carbocycles. The zero-order valence-electron chi connectivity index (χ0n) is 6.91. The van der Waals surface area contributed by atoms with Crippen molar-refractivity contribution in [1.29, 1.82) is 0 Å². The fourth-order valence-electron chi connectivity index (χ4n) is 1.60. The Bertz CT molecular complexity index is 384. The molecule has 3 heteroatoms. The molecule has 0 aromatic heterocycles. The molecule has 1 aliphatic rings. The van der Waals surface area contributed by atoms with E-state index in [9.17, 15) is 9.59 Å². The summed E-state index contributed by atoms with van der Waals surface area (Å²) < 4.78 is 0. The second-order valence-electron chi connectivity index (χ2n) is 3.11. The monoisotopic (exact) mass is 174 g/mol. The maximum Gasteiger partial charge on any atom is 0.228 e. The summed E-state index contributed by atoms with van der Waals surface area (Å²) in [6.45, 7) is 0. The van der Waals surface area contributed by atoms with Crippen molar-refractivity contribution in [1.82, 2.24) is 0 Å². The smallest absolute Gasteiger partial charge is 0.228 e. The van der Waals surface area contributed by atoms with Crippen molar-refractivity contribution < 1.29 is 9.59 Å². The van der Waals surface area contributed by atoms with E-state index < -0.39 is 11.8 Å². The summed E-state index contributed by atoms with van der Waals surface area (Å²) in [6.07, 6.45) is 0.431. The van der Waals surface area contributed by atoms with Crippen LogP contribution >= 0.6 is 0 Å². The van der Waals surface area contributed by atoms with E-state index in [0.29, 0.717) is 12.0 Å². The third-order valence-electron chi connectivity index (χ3n) is 2.30. The van der Waals surface area contributed by atoms with Crippen LogP contribution in [0.5, 0.6) is 0 Å². The van der Waals surface area contributed by atoms with Crippen molar-refractivity contribution in [2.75, 3.05) is 0 Å². The van der Waals surface area contributed by atoms with Crippen LogP contribution < -0.4 is 5.73 Å². The summed E-state index contributed by atoms with van der Waals surface area (Å²) in [5.74, 6) is -1.36. The predicted octanol–water partition coefficient (Wildman–Crippen LogP) is 0.327. The predicted molar refractivity (Wildman–Crippen MR) is 46.0 cm³/mol. The number of hydrogen-bond donors (Lipinski definition) is 1. The molecule has 1 atom stereocenters. The highest BCUT2D eigenvalue weighted by atomic mass is 16.2. The molecule has 0 heterocycles. The SMILES string of the molecule is NC(=O)C1Cc2c[c]ccc2C1=O. The number of benzene rings is 1. The second-order valence-corrected chi connectivity index (χ2v) is 3.11. The molecule has 1 amide bonds. The summed E-state index contributed by atoms with van der Waals surface area (Å²) in [4.78, 5) is 22.4. The highest BCUT2D eigenvalue weighted by Crippen LogP contribution is 2.25. The second kappa shape index (κ2) is 2.69. The van der Waals surface area contributed by atoms with Gasteiger partial charge in [0.2, 0.25) is 5.91 Å². The Kier molecular flexibility index (Phi) is 1.65. The molecule has 0 aliphatic heterocycles. The van der Waals surface area contributed by atoms with E-state index in [-0.39, 0.29) is 5.78 Å². The Morgan fingerprint density at radius 3 is 3.00 bits per heavy atom. The van der Waals surface area contributed by atoms with Crippen LogP contribution in [0.2, 0.25) is 0 Å². The lowest BCUT2D eigenvalue weighted by Crippen LogP contribution is -2.27. The molecule has 0 saturated carbocycles. The Morgan fingerprint density at radius 1 is 1.62 bits per heavy atom. The fraction of sp³-hybridized carbons (Fsp3) is 0.200. The van der Waals surface area contributed by atoms with Gasteiger partial charge in [-0.05, 0) is 18.1 Å². The first kappa shape index (κ1) is 7.98. The zero-order valence-corrected chi connectivity index (χ0v) is 6.91. The van der Waals surface area contributed by atoms with E-state index in [1.165, 1.54) is 0 Å². The van der Waals surface area contributed by atoms with Gasteiger partial charge in [0, 0.05) is 5.56 Å². The van der Waals surface area contributed by atoms with E-state index in [0.717, 1.165) is 5.56 Å². The molecule has 0 saturated heterocycles. The molecule has 0 bridgehead atoms. The third-order valence-corrected chi connectivity index (χ3v) is 2.30. The molecule has 0 fully saturated rings. The average Bonchev–Trinajstić information content (AvgIpc) is 2.45. The van der Waals surface area contributed by atoms with Crippen molar-refractivity contribution in [3.8, 4) is 0 Å². The number of ketones is 1. The lowest BCUT2D eigenvalue weighted by Gasteiger charge is -1.99. The third kappa shape index (κ3) is 1.13. The van der Waals surface area contributed by atoms with Crippen LogP contribution in [0.3, 0.4) is 0 Å². The maximum absolute atomic E-state index is 11.5. The van der Waals surface area contributed by atoms with Crippen molar-refractivity contribution in [3.63, 3.8) is 0 Å². The van der Waals surface area contributed by atoms with Crippen LogP contribution in [0.25, 0.3) is 0 Å². The van der Waals surface area contributed by atoms with Gasteiger partial charge in [-0.2, -0.15) is 0 Å². The van der Waals surface area contributed by atoms with Crippen LogP contribution in [0, 0.1) is 12.0 Å². The van der Waals surface area contributed by atoms with Crippen LogP contribution in [-0.4, -0.2) is 11.7 Å². The number of primary amides is 1. The molecule has 0 spiro atoms. The van der Waals surface area contributed by atoms with Crippen LogP contribution in [-0.2, 0) is 11.2 Å². The van der Waals surface area contributed by atoms with E-state index >= 15 is 0 Å². The molecule has 2 N–H and O–H groups in total. The largest absolute Gasteiger partial charge is 0.369 e. The van der Waals surface area contributed by atoms with Gasteiger partial charge >= 0.3 is 0 Å². The minimum Gasteiger partial charge on any atom is -0.369 e. The minimum absolute atomic E-state index is 0.156. The van der Waals surface area contributed by atoms with Gasteiger partial charge in [0.15, 0.2) is 5.78 Å². The molecule has 1 aromatic rings. The molecule has 65 valence electrons. The number of carbonyl (C=O) groups excluding carboxylic acids is 2. The van der Waals surface area contributed by atoms with Gasteiger partial charge in [0.1, 0.15) is 5.92 Å². The van der Waals surface area contributed by atoms with E-state index in [2.05, 4.69) is 6.07 Å². The number of amides is 1. The number of carbonyl (C=O) groups is 2. The summed E-state index contributed by atoms with van der Waals surface area (Å²) in [5, 5.41) is 0. The van der Waals surface area contributed by atoms with E-state index in [4.69, 9.17) is 5.73 Å². The van der Waals surface area contributed by atoms with E-state index in [1.54, 1.807) is 18.2 Å². The Labute approximate surface area is 75.5 Å². The van der Waals surface area contributed by atoms with Crippen molar-refractivity contribution in [2.24, 2.45) is 11.7 Å². The first-order chi connectivity index (χ1) is 6.20. The number of nitrogens with two attached hydrogens (primary N) is 1. The number of Topliss-reactive ketones (excluding diaryl/α,β-unsaturated/α-hetero) is 1. The van der Waals surface area contributed by atoms with Crippen molar-refractivity contribution in [3.05, 3.63) is 35.4 Å². The maximum atomic E-state index is 11.5. The van der Waals surface area contributed by atoms with Crippen LogP contribution in [0.1, 0.15) is 15.9 Å². The Hall–Kier alpha value is -1.64. The van der Waals surface area contributed by atoms with Crippen molar-refractivity contribution >= 4 is 11.7 Å². The quantitative estimate of drug-likeness (QED) is 0.623. The lowest BCUT2D eigenvalue weighted by molar-refractivity contribution is -0.120. The average molecular weight is 174 g/mol. The van der Waals surface area contributed by atoms with E-state index in [1.807, 2.05) is 0 Å². The molecule has 1 radical (unpaired) electrons. The van der Waals surface area contributed by atoms with Crippen molar-refractivity contribution in [2.45, 2.75) is 6.42 Å². The zero-order chi connectivity index (χ0) is 9.42. The summed E-state index contributed by atoms with van der Waals surface area (Å²) >= 11 is 0. The molecule has 1 aliphatic carbocycles. The highest BCUT2D eigenvalue weighted by molar-refractivity contribution is 6.13. The summed E-state index contributed by atoms with van der Waals surface area (Å²) in [7, 11) is 0. The van der Waals surface area contributed by atoms with Crippen LogP contribution in [0.15, 0.2) is 18.2 Å². The molecular weight excluding hydrogens is 166 g/mol. The molecule has 2 rings (SSSR count). The number of fused-ring (bicyclic) bond motifs is 1. The van der Waals surface area contributed by atoms with Gasteiger partial charge in [0.25, 0.3) is 0 Å². The van der Waals surface area contributed by atoms with Gasteiger partial charge in [-0.3, -0.25) is 9.59 Å². The van der Waals surface area contributed by atoms with Gasteiger partial charge in [0.05, 0.1) is 0 Å². The molecule has 1 unspecified atom stereocenters.